The molecule has 2 aromatic rings. The van der Waals surface area contributed by atoms with Crippen LogP contribution in [0.4, 0.5) is 0 Å². The van der Waals surface area contributed by atoms with Gasteiger partial charge in [-0.1, -0.05) is 31.2 Å². The molecule has 2 rings (SSSR count). The maximum Gasteiger partial charge on any atom is 0.119 e. The lowest BCUT2D eigenvalue weighted by Gasteiger charge is -2.05. The van der Waals surface area contributed by atoms with Crippen molar-refractivity contribution in [3.63, 3.8) is 0 Å². The number of rotatable bonds is 3. The van der Waals surface area contributed by atoms with Crippen molar-refractivity contribution < 1.29 is 4.21 Å². The van der Waals surface area contributed by atoms with Gasteiger partial charge in [0.2, 0.25) is 0 Å². The van der Waals surface area contributed by atoms with Gasteiger partial charge in [0.15, 0.2) is 0 Å². The molecule has 0 unspecified atom stereocenters. The van der Waals surface area contributed by atoms with Gasteiger partial charge in [0.05, 0.1) is 5.52 Å². The smallest absolute Gasteiger partial charge is 0.119 e. The molecule has 0 amide bonds. The highest BCUT2D eigenvalue weighted by atomic mass is 32.2. The molecule has 0 aliphatic heterocycles. The second-order valence-corrected chi connectivity index (χ2v) is 5.60. The van der Waals surface area contributed by atoms with Crippen molar-refractivity contribution in [3.8, 4) is 0 Å². The molecule has 0 bridgehead atoms. The van der Waals surface area contributed by atoms with Crippen molar-refractivity contribution in [2.75, 3.05) is 0 Å². The van der Waals surface area contributed by atoms with Crippen molar-refractivity contribution in [3.05, 3.63) is 24.3 Å². The highest BCUT2D eigenvalue weighted by Gasteiger charge is 2.09. The van der Waals surface area contributed by atoms with E-state index in [4.69, 9.17) is 0 Å². The van der Waals surface area contributed by atoms with Crippen LogP contribution < -0.4 is 0 Å². The van der Waals surface area contributed by atoms with Crippen LogP contribution in [0.5, 0.6) is 0 Å². The van der Waals surface area contributed by atoms with Crippen molar-refractivity contribution in [1.82, 2.24) is 15.0 Å². The second-order valence-electron chi connectivity index (χ2n) is 3.64. The standard InChI is InChI=1S/C10H13N3OS/c1-8(2)15(14)7-13-10-6-4-3-5-9(10)11-12-13/h3-6,8H,7H2,1-2H3/t15-/m1/s1. The van der Waals surface area contributed by atoms with Crippen LogP contribution in [0.1, 0.15) is 13.8 Å². The molecular weight excluding hydrogens is 210 g/mol. The van der Waals surface area contributed by atoms with E-state index in [0.29, 0.717) is 5.88 Å². The van der Waals surface area contributed by atoms with Gasteiger partial charge in [0.1, 0.15) is 11.4 Å². The molecular formula is C10H13N3OS. The molecule has 0 spiro atoms. The maximum atomic E-state index is 11.7. The summed E-state index contributed by atoms with van der Waals surface area (Å²) < 4.78 is 13.4. The molecule has 0 fully saturated rings. The Morgan fingerprint density at radius 3 is 2.87 bits per heavy atom. The van der Waals surface area contributed by atoms with Crippen LogP contribution >= 0.6 is 0 Å². The summed E-state index contributed by atoms with van der Waals surface area (Å²) in [6.45, 7) is 3.88. The normalized spacial score (nSPS) is 13.5. The average molecular weight is 223 g/mol. The zero-order valence-electron chi connectivity index (χ0n) is 8.75. The first-order valence-electron chi connectivity index (χ1n) is 4.84. The molecule has 4 nitrogen and oxygen atoms in total. The van der Waals surface area contributed by atoms with Gasteiger partial charge >= 0.3 is 0 Å². The van der Waals surface area contributed by atoms with E-state index in [-0.39, 0.29) is 5.25 Å². The van der Waals surface area contributed by atoms with Gasteiger partial charge in [-0.15, -0.1) is 5.10 Å². The number of benzene rings is 1. The van der Waals surface area contributed by atoms with E-state index in [1.165, 1.54) is 0 Å². The third kappa shape index (κ3) is 2.07. The Balaban J connectivity index is 2.33. The quantitative estimate of drug-likeness (QED) is 0.793. The summed E-state index contributed by atoms with van der Waals surface area (Å²) in [5, 5.41) is 8.15. The number of aromatic nitrogens is 3. The van der Waals surface area contributed by atoms with E-state index >= 15 is 0 Å². The molecule has 1 aromatic carbocycles. The summed E-state index contributed by atoms with van der Waals surface area (Å²) in [7, 11) is -0.897. The molecule has 5 heteroatoms. The molecule has 0 saturated heterocycles. The van der Waals surface area contributed by atoms with E-state index in [0.717, 1.165) is 11.0 Å². The van der Waals surface area contributed by atoms with Crippen molar-refractivity contribution in [1.29, 1.82) is 0 Å². The minimum Gasteiger partial charge on any atom is -0.257 e. The predicted octanol–water partition coefficient (Wildman–Crippen LogP) is 1.55. The van der Waals surface area contributed by atoms with Crippen LogP contribution in [-0.4, -0.2) is 24.5 Å². The fraction of sp³-hybridized carbons (Fsp3) is 0.400. The first-order valence-corrected chi connectivity index (χ1v) is 6.22. The first kappa shape index (κ1) is 10.3. The molecule has 1 heterocycles. The zero-order valence-corrected chi connectivity index (χ0v) is 9.57. The Hall–Kier alpha value is -1.23. The minimum absolute atomic E-state index is 0.146. The van der Waals surface area contributed by atoms with Gasteiger partial charge in [-0.25, -0.2) is 4.68 Å². The lowest BCUT2D eigenvalue weighted by Crippen LogP contribution is -2.13. The molecule has 0 saturated carbocycles. The Labute approximate surface area is 90.7 Å². The topological polar surface area (TPSA) is 47.8 Å². The summed E-state index contributed by atoms with van der Waals surface area (Å²) in [4.78, 5) is 0. The summed E-state index contributed by atoms with van der Waals surface area (Å²) in [6.07, 6.45) is 0. The van der Waals surface area contributed by atoms with Gasteiger partial charge in [-0.05, 0) is 12.1 Å². The molecule has 80 valence electrons. The molecule has 1 atom stereocenters. The SMILES string of the molecule is CC(C)[S@](=O)Cn1nnc2ccccc21. The van der Waals surface area contributed by atoms with E-state index in [2.05, 4.69) is 10.3 Å². The fourth-order valence-electron chi connectivity index (χ4n) is 1.28. The lowest BCUT2D eigenvalue weighted by molar-refractivity contribution is 0.648. The van der Waals surface area contributed by atoms with E-state index in [9.17, 15) is 4.21 Å². The van der Waals surface area contributed by atoms with Gasteiger partial charge in [0, 0.05) is 16.0 Å². The second kappa shape index (κ2) is 4.10. The average Bonchev–Trinajstić information content (AvgIpc) is 2.62. The highest BCUT2D eigenvalue weighted by molar-refractivity contribution is 7.84. The third-order valence-corrected chi connectivity index (χ3v) is 3.75. The monoisotopic (exact) mass is 223 g/mol. The number of fused-ring (bicyclic) bond motifs is 1. The van der Waals surface area contributed by atoms with Crippen LogP contribution in [0.2, 0.25) is 0 Å². The number of hydrogen-bond donors (Lipinski definition) is 0. The number of nitrogens with zero attached hydrogens (tertiary/aromatic N) is 3. The van der Waals surface area contributed by atoms with Crippen molar-refractivity contribution in [2.24, 2.45) is 0 Å². The Morgan fingerprint density at radius 1 is 1.40 bits per heavy atom. The zero-order chi connectivity index (χ0) is 10.8. The number of para-hydroxylation sites is 1. The van der Waals surface area contributed by atoms with Crippen LogP contribution in [-0.2, 0) is 16.7 Å². The molecule has 0 aliphatic carbocycles. The minimum atomic E-state index is -0.897. The first-order chi connectivity index (χ1) is 7.18. The number of hydrogen-bond acceptors (Lipinski definition) is 3. The van der Waals surface area contributed by atoms with Gasteiger partial charge < -0.3 is 0 Å². The molecule has 0 N–H and O–H groups in total. The highest BCUT2D eigenvalue weighted by Crippen LogP contribution is 2.10. The Morgan fingerprint density at radius 2 is 2.13 bits per heavy atom. The van der Waals surface area contributed by atoms with Gasteiger partial charge in [-0.2, -0.15) is 0 Å². The predicted molar refractivity (Wildman–Crippen MR) is 60.8 cm³/mol. The largest absolute Gasteiger partial charge is 0.257 e. The van der Waals surface area contributed by atoms with Crippen LogP contribution in [0.25, 0.3) is 11.0 Å². The van der Waals surface area contributed by atoms with E-state index in [1.54, 1.807) is 4.68 Å². The summed E-state index contributed by atoms with van der Waals surface area (Å²) in [5.74, 6) is 0.415. The van der Waals surface area contributed by atoms with Crippen molar-refractivity contribution in [2.45, 2.75) is 25.0 Å². The third-order valence-electron chi connectivity index (χ3n) is 2.20. The Kier molecular flexibility index (Phi) is 2.81. The van der Waals surface area contributed by atoms with Gasteiger partial charge in [0.25, 0.3) is 0 Å². The Bertz CT molecular complexity index is 492. The van der Waals surface area contributed by atoms with Gasteiger partial charge in [-0.3, -0.25) is 4.21 Å². The van der Waals surface area contributed by atoms with Crippen molar-refractivity contribution >= 4 is 21.8 Å². The summed E-state index contributed by atoms with van der Waals surface area (Å²) in [5.41, 5.74) is 1.78. The van der Waals surface area contributed by atoms with Crippen LogP contribution in [0.3, 0.4) is 0 Å². The molecule has 15 heavy (non-hydrogen) atoms. The maximum absolute atomic E-state index is 11.7. The van der Waals surface area contributed by atoms with Crippen LogP contribution in [0, 0.1) is 0 Å². The molecule has 1 aromatic heterocycles. The van der Waals surface area contributed by atoms with Crippen LogP contribution in [0.15, 0.2) is 24.3 Å². The fourth-order valence-corrected chi connectivity index (χ4v) is 2.01. The molecule has 0 aliphatic rings. The summed E-state index contributed by atoms with van der Waals surface area (Å²) in [6, 6.07) is 7.69. The molecule has 0 radical (unpaired) electrons. The van der Waals surface area contributed by atoms with E-state index < -0.39 is 10.8 Å². The lowest BCUT2D eigenvalue weighted by atomic mass is 10.3. The summed E-state index contributed by atoms with van der Waals surface area (Å²) >= 11 is 0. The van der Waals surface area contributed by atoms with E-state index in [1.807, 2.05) is 38.1 Å².